The van der Waals surface area contributed by atoms with Gasteiger partial charge in [0.05, 0.1) is 11.7 Å². The fourth-order valence-electron chi connectivity index (χ4n) is 2.50. The van der Waals surface area contributed by atoms with E-state index in [9.17, 15) is 4.79 Å². The number of nitrogens with zero attached hydrogens (tertiary/aromatic N) is 1. The van der Waals surface area contributed by atoms with E-state index in [1.54, 1.807) is 0 Å². The van der Waals surface area contributed by atoms with Gasteiger partial charge in [-0.05, 0) is 37.7 Å². The van der Waals surface area contributed by atoms with Crippen LogP contribution in [0.25, 0.3) is 0 Å². The summed E-state index contributed by atoms with van der Waals surface area (Å²) in [5.41, 5.74) is -0.126. The lowest BCUT2D eigenvalue weighted by atomic mass is 10.2. The molecule has 4 heteroatoms. The highest BCUT2D eigenvalue weighted by Crippen LogP contribution is 2.42. The molecule has 0 aromatic rings. The van der Waals surface area contributed by atoms with Crippen LogP contribution in [0.5, 0.6) is 0 Å². The van der Waals surface area contributed by atoms with Gasteiger partial charge in [0, 0.05) is 6.54 Å². The van der Waals surface area contributed by atoms with Crippen LogP contribution in [0.15, 0.2) is 0 Å². The third-order valence-electron chi connectivity index (χ3n) is 3.55. The summed E-state index contributed by atoms with van der Waals surface area (Å²) in [5, 5.41) is 3.54. The number of hydrogen-bond donors (Lipinski definition) is 1. The van der Waals surface area contributed by atoms with Crippen molar-refractivity contribution in [3.8, 4) is 0 Å². The molecule has 1 amide bonds. The topological polar surface area (TPSA) is 32.3 Å². The van der Waals surface area contributed by atoms with Gasteiger partial charge in [-0.2, -0.15) is 11.8 Å². The van der Waals surface area contributed by atoms with Crippen LogP contribution >= 0.6 is 11.8 Å². The van der Waals surface area contributed by atoms with Gasteiger partial charge in [-0.15, -0.1) is 0 Å². The third-order valence-corrected chi connectivity index (χ3v) is 4.25. The molecule has 2 rings (SSSR count). The molecule has 2 fully saturated rings. The van der Waals surface area contributed by atoms with E-state index in [1.165, 1.54) is 0 Å². The Balaban J connectivity index is 1.93. The largest absolute Gasteiger partial charge is 0.326 e. The summed E-state index contributed by atoms with van der Waals surface area (Å²) in [6, 6.07) is 0. The van der Waals surface area contributed by atoms with Gasteiger partial charge in [-0.1, -0.05) is 13.3 Å². The molecule has 0 radical (unpaired) electrons. The summed E-state index contributed by atoms with van der Waals surface area (Å²) in [4.78, 5) is 14.3. The molecule has 0 aromatic carbocycles. The Bertz CT molecular complexity index is 266. The predicted octanol–water partition coefficient (Wildman–Crippen LogP) is 1.83. The van der Waals surface area contributed by atoms with Gasteiger partial charge in [0.15, 0.2) is 0 Å². The smallest absolute Gasteiger partial charge is 0.244 e. The van der Waals surface area contributed by atoms with Gasteiger partial charge in [-0.3, -0.25) is 10.1 Å². The summed E-state index contributed by atoms with van der Waals surface area (Å²) >= 11 is 1.86. The minimum atomic E-state index is -0.126. The summed E-state index contributed by atoms with van der Waals surface area (Å²) in [7, 11) is 0. The number of nitrogens with one attached hydrogen (secondary N) is 1. The second kappa shape index (κ2) is 4.96. The van der Waals surface area contributed by atoms with E-state index < -0.39 is 0 Å². The molecular formula is C12H22N2OS. The lowest BCUT2D eigenvalue weighted by Crippen LogP contribution is -2.38. The maximum Gasteiger partial charge on any atom is 0.244 e. The van der Waals surface area contributed by atoms with Crippen LogP contribution in [0.1, 0.15) is 39.0 Å². The molecule has 92 valence electrons. The Hall–Kier alpha value is -0.220. The monoisotopic (exact) mass is 242 g/mol. The molecule has 1 aliphatic carbocycles. The number of carbonyl (C=O) groups excluding carboxylic acids is 1. The third kappa shape index (κ3) is 2.23. The van der Waals surface area contributed by atoms with Crippen molar-refractivity contribution in [1.82, 2.24) is 10.2 Å². The summed E-state index contributed by atoms with van der Waals surface area (Å²) in [5.74, 6) is 1.52. The van der Waals surface area contributed by atoms with E-state index in [0.29, 0.717) is 12.1 Å². The van der Waals surface area contributed by atoms with Gasteiger partial charge < -0.3 is 4.90 Å². The molecule has 1 aliphatic heterocycles. The Morgan fingerprint density at radius 2 is 2.31 bits per heavy atom. The molecule has 3 nitrogen and oxygen atoms in total. The number of hydrogen-bond acceptors (Lipinski definition) is 3. The van der Waals surface area contributed by atoms with E-state index in [-0.39, 0.29) is 5.54 Å². The highest BCUT2D eigenvalue weighted by atomic mass is 32.2. The van der Waals surface area contributed by atoms with E-state index in [2.05, 4.69) is 23.4 Å². The first-order chi connectivity index (χ1) is 7.73. The summed E-state index contributed by atoms with van der Waals surface area (Å²) in [6.07, 6.45) is 7.87. The average Bonchev–Trinajstić information content (AvgIpc) is 2.99. The zero-order valence-corrected chi connectivity index (χ0v) is 11.1. The van der Waals surface area contributed by atoms with Crippen LogP contribution < -0.4 is 5.32 Å². The molecule has 2 aliphatic rings. The number of rotatable bonds is 6. The fourth-order valence-corrected chi connectivity index (χ4v) is 2.91. The van der Waals surface area contributed by atoms with Crippen LogP contribution in [0.4, 0.5) is 0 Å². The molecule has 1 N–H and O–H groups in total. The van der Waals surface area contributed by atoms with Crippen LogP contribution in [-0.4, -0.2) is 41.1 Å². The van der Waals surface area contributed by atoms with Crippen molar-refractivity contribution in [2.45, 2.75) is 50.7 Å². The van der Waals surface area contributed by atoms with E-state index in [0.717, 1.165) is 44.4 Å². The van der Waals surface area contributed by atoms with E-state index in [1.807, 2.05) is 11.8 Å². The molecule has 0 aromatic heterocycles. The first-order valence-corrected chi connectivity index (χ1v) is 7.70. The van der Waals surface area contributed by atoms with Crippen molar-refractivity contribution in [1.29, 1.82) is 0 Å². The molecule has 1 atom stereocenters. The van der Waals surface area contributed by atoms with E-state index >= 15 is 0 Å². The van der Waals surface area contributed by atoms with Gasteiger partial charge >= 0.3 is 0 Å². The second-order valence-corrected chi connectivity index (χ2v) is 5.86. The zero-order chi connectivity index (χ0) is 11.6. The maximum atomic E-state index is 12.2. The molecule has 1 unspecified atom stereocenters. The number of thioether (sulfide) groups is 1. The molecule has 0 bridgehead atoms. The van der Waals surface area contributed by atoms with Crippen molar-refractivity contribution in [3.05, 3.63) is 0 Å². The minimum Gasteiger partial charge on any atom is -0.326 e. The molecule has 1 heterocycles. The quantitative estimate of drug-likeness (QED) is 0.721. The summed E-state index contributed by atoms with van der Waals surface area (Å²) in [6.45, 7) is 3.11. The van der Waals surface area contributed by atoms with Gasteiger partial charge in [0.2, 0.25) is 5.91 Å². The molecular weight excluding hydrogens is 220 g/mol. The van der Waals surface area contributed by atoms with Gasteiger partial charge in [-0.25, -0.2) is 0 Å². The average molecular weight is 242 g/mol. The lowest BCUT2D eigenvalue weighted by molar-refractivity contribution is -0.130. The summed E-state index contributed by atoms with van der Waals surface area (Å²) < 4.78 is 0. The van der Waals surface area contributed by atoms with Crippen LogP contribution in [0, 0.1) is 0 Å². The maximum absolute atomic E-state index is 12.2. The van der Waals surface area contributed by atoms with Gasteiger partial charge in [0.25, 0.3) is 0 Å². The molecule has 1 spiro atoms. The van der Waals surface area contributed by atoms with E-state index in [4.69, 9.17) is 0 Å². The number of carbonyl (C=O) groups is 1. The lowest BCUT2D eigenvalue weighted by Gasteiger charge is -2.23. The molecule has 1 saturated carbocycles. The standard InChI is InChI=1S/C12H22N2OS/c1-3-5-10-13-12(6-7-12)11(15)14(10)8-4-9-16-2/h10,13H,3-9H2,1-2H3. The Morgan fingerprint density at radius 3 is 2.88 bits per heavy atom. The Kier molecular flexibility index (Phi) is 3.80. The predicted molar refractivity (Wildman–Crippen MR) is 68.5 cm³/mol. The first-order valence-electron chi connectivity index (χ1n) is 6.31. The normalized spacial score (nSPS) is 26.8. The van der Waals surface area contributed by atoms with Crippen molar-refractivity contribution >= 4 is 17.7 Å². The highest BCUT2D eigenvalue weighted by molar-refractivity contribution is 7.98. The SMILES string of the molecule is CCCC1NC2(CC2)C(=O)N1CCCSC. The minimum absolute atomic E-state index is 0.126. The van der Waals surface area contributed by atoms with Crippen LogP contribution in [0.3, 0.4) is 0 Å². The van der Waals surface area contributed by atoms with Crippen molar-refractivity contribution in [2.24, 2.45) is 0 Å². The second-order valence-electron chi connectivity index (χ2n) is 4.88. The highest BCUT2D eigenvalue weighted by Gasteiger charge is 2.58. The molecule has 1 saturated heterocycles. The van der Waals surface area contributed by atoms with Crippen molar-refractivity contribution < 1.29 is 4.79 Å². The van der Waals surface area contributed by atoms with Crippen molar-refractivity contribution in [2.75, 3.05) is 18.6 Å². The van der Waals surface area contributed by atoms with Crippen LogP contribution in [0.2, 0.25) is 0 Å². The number of amides is 1. The first kappa shape index (κ1) is 12.2. The van der Waals surface area contributed by atoms with Gasteiger partial charge in [0.1, 0.15) is 0 Å². The molecule has 16 heavy (non-hydrogen) atoms. The van der Waals surface area contributed by atoms with Crippen LogP contribution in [-0.2, 0) is 4.79 Å². The fraction of sp³-hybridized carbons (Fsp3) is 0.917. The Morgan fingerprint density at radius 1 is 1.56 bits per heavy atom. The Labute approximate surface area is 102 Å². The van der Waals surface area contributed by atoms with Crippen molar-refractivity contribution in [3.63, 3.8) is 0 Å². The zero-order valence-electron chi connectivity index (χ0n) is 10.3.